The van der Waals surface area contributed by atoms with E-state index in [0.717, 1.165) is 27.6 Å². The summed E-state index contributed by atoms with van der Waals surface area (Å²) >= 11 is 0. The minimum atomic E-state index is -2.93. The van der Waals surface area contributed by atoms with Crippen LogP contribution in [-0.4, -0.2) is 36.3 Å². The second-order valence-corrected chi connectivity index (χ2v) is 8.28. The maximum atomic E-state index is 13.2. The summed E-state index contributed by atoms with van der Waals surface area (Å²) in [4.78, 5) is 25.2. The van der Waals surface area contributed by atoms with Gasteiger partial charge in [0.05, 0.1) is 17.3 Å². The molecule has 0 radical (unpaired) electrons. The summed E-state index contributed by atoms with van der Waals surface area (Å²) in [5, 5.41) is 13.5. The molecule has 4 aromatic heterocycles. The number of carbonyl (C=O) groups excluding carboxylic acids is 1. The van der Waals surface area contributed by atoms with Crippen LogP contribution in [0.2, 0.25) is 0 Å². The zero-order valence-corrected chi connectivity index (χ0v) is 17.8. The molecule has 7 nitrogen and oxygen atoms in total. The van der Waals surface area contributed by atoms with Crippen molar-refractivity contribution in [1.29, 1.82) is 0 Å². The number of nitrogens with zero attached hydrogens (tertiary/aromatic N) is 4. The molecule has 1 amide bonds. The van der Waals surface area contributed by atoms with E-state index in [0.29, 0.717) is 17.8 Å². The monoisotopic (exact) mass is 449 g/mol. The van der Waals surface area contributed by atoms with Gasteiger partial charge in [0.15, 0.2) is 0 Å². The van der Waals surface area contributed by atoms with E-state index in [2.05, 4.69) is 26.8 Å². The van der Waals surface area contributed by atoms with Crippen LogP contribution in [-0.2, 0) is 4.79 Å². The lowest BCUT2D eigenvalue weighted by molar-refractivity contribution is -0.119. The Morgan fingerprint density at radius 1 is 1.30 bits per heavy atom. The van der Waals surface area contributed by atoms with Gasteiger partial charge in [-0.05, 0) is 31.0 Å². The molecule has 0 unspecified atom stereocenters. The van der Waals surface area contributed by atoms with Crippen molar-refractivity contribution in [1.82, 2.24) is 19.4 Å². The largest absolute Gasteiger partial charge is 0.386 e. The summed E-state index contributed by atoms with van der Waals surface area (Å²) in [6.07, 6.45) is 7.65. The molecule has 1 aliphatic carbocycles. The Bertz CT molecular complexity index is 1420. The normalized spacial score (nSPS) is 17.8. The quantitative estimate of drug-likeness (QED) is 0.424. The van der Waals surface area contributed by atoms with Gasteiger partial charge in [0.2, 0.25) is 5.91 Å². The van der Waals surface area contributed by atoms with Gasteiger partial charge in [-0.25, -0.2) is 18.7 Å². The van der Waals surface area contributed by atoms with Crippen molar-refractivity contribution in [3.8, 4) is 11.1 Å². The molecule has 0 saturated heterocycles. The van der Waals surface area contributed by atoms with Gasteiger partial charge < -0.3 is 10.4 Å². The SMILES string of the molecule is C=CC[C@@H](O)c1cc(C)c(-c2cc3cnc(NC(=O)[C@H]4CC4(F)F)cc3n3ccnc23)cn1. The lowest BCUT2D eigenvalue weighted by atomic mass is 10.0. The number of carbonyl (C=O) groups is 1. The number of aromatic nitrogens is 4. The first-order valence-electron chi connectivity index (χ1n) is 10.5. The Morgan fingerprint density at radius 3 is 2.79 bits per heavy atom. The van der Waals surface area contributed by atoms with Crippen molar-refractivity contribution in [2.24, 2.45) is 5.92 Å². The number of halogens is 2. The van der Waals surface area contributed by atoms with Crippen LogP contribution < -0.4 is 5.32 Å². The first-order valence-corrected chi connectivity index (χ1v) is 10.5. The number of aliphatic hydroxyl groups excluding tert-OH is 1. The van der Waals surface area contributed by atoms with Crippen LogP contribution in [0.3, 0.4) is 0 Å². The maximum absolute atomic E-state index is 13.2. The number of hydrogen-bond acceptors (Lipinski definition) is 5. The van der Waals surface area contributed by atoms with Crippen LogP contribution in [0.25, 0.3) is 27.7 Å². The van der Waals surface area contributed by atoms with Crippen LogP contribution in [0.4, 0.5) is 14.6 Å². The van der Waals surface area contributed by atoms with Gasteiger partial charge in [0, 0.05) is 53.8 Å². The number of nitrogens with one attached hydrogen (secondary N) is 1. The minimum absolute atomic E-state index is 0.205. The first-order chi connectivity index (χ1) is 15.8. The molecule has 33 heavy (non-hydrogen) atoms. The highest BCUT2D eigenvalue weighted by atomic mass is 19.3. The molecule has 9 heteroatoms. The van der Waals surface area contributed by atoms with Crippen LogP contribution in [0.5, 0.6) is 0 Å². The number of anilines is 1. The highest BCUT2D eigenvalue weighted by Gasteiger charge is 2.61. The molecular formula is C24H21F2N5O2. The van der Waals surface area contributed by atoms with E-state index in [1.165, 1.54) is 0 Å². The Morgan fingerprint density at radius 2 is 2.09 bits per heavy atom. The molecular weight excluding hydrogens is 428 g/mol. The highest BCUT2D eigenvalue weighted by molar-refractivity contribution is 5.97. The Hall–Kier alpha value is -3.72. The smallest absolute Gasteiger partial charge is 0.260 e. The molecule has 5 rings (SSSR count). The third kappa shape index (κ3) is 3.74. The van der Waals surface area contributed by atoms with Crippen LogP contribution in [0.15, 0.2) is 55.6 Å². The van der Waals surface area contributed by atoms with Crippen LogP contribution in [0.1, 0.15) is 30.2 Å². The van der Waals surface area contributed by atoms with Crippen molar-refractivity contribution >= 4 is 28.3 Å². The molecule has 0 aliphatic heterocycles. The van der Waals surface area contributed by atoms with Crippen molar-refractivity contribution in [3.05, 3.63) is 66.9 Å². The molecule has 2 atom stereocenters. The lowest BCUT2D eigenvalue weighted by Gasteiger charge is -2.14. The minimum Gasteiger partial charge on any atom is -0.386 e. The number of aryl methyl sites for hydroxylation is 1. The number of imidazole rings is 1. The number of pyridine rings is 3. The predicted octanol–water partition coefficient (Wildman–Crippen LogP) is 4.46. The van der Waals surface area contributed by atoms with Crippen molar-refractivity contribution in [2.45, 2.75) is 31.8 Å². The van der Waals surface area contributed by atoms with E-state index in [1.807, 2.05) is 23.5 Å². The number of amides is 1. The second kappa shape index (κ2) is 7.70. The average Bonchev–Trinajstić information content (AvgIpc) is 3.18. The van der Waals surface area contributed by atoms with Gasteiger partial charge in [-0.3, -0.25) is 14.2 Å². The molecule has 168 valence electrons. The van der Waals surface area contributed by atoms with E-state index in [1.54, 1.807) is 36.9 Å². The van der Waals surface area contributed by atoms with Crippen LogP contribution >= 0.6 is 0 Å². The second-order valence-electron chi connectivity index (χ2n) is 8.28. The van der Waals surface area contributed by atoms with Gasteiger partial charge in [-0.15, -0.1) is 6.58 Å². The van der Waals surface area contributed by atoms with Crippen molar-refractivity contribution in [2.75, 3.05) is 5.32 Å². The summed E-state index contributed by atoms with van der Waals surface area (Å²) in [5.41, 5.74) is 4.58. The fraction of sp³-hybridized carbons (Fsp3) is 0.250. The molecule has 1 fully saturated rings. The Balaban J connectivity index is 1.54. The third-order valence-corrected chi connectivity index (χ3v) is 5.90. The third-order valence-electron chi connectivity index (χ3n) is 5.90. The number of alkyl halides is 2. The van der Waals surface area contributed by atoms with E-state index in [4.69, 9.17) is 0 Å². The van der Waals surface area contributed by atoms with Gasteiger partial charge in [-0.2, -0.15) is 0 Å². The molecule has 4 heterocycles. The molecule has 4 aromatic rings. The summed E-state index contributed by atoms with van der Waals surface area (Å²) < 4.78 is 28.3. The van der Waals surface area contributed by atoms with Crippen molar-refractivity contribution in [3.63, 3.8) is 0 Å². The maximum Gasteiger partial charge on any atom is 0.260 e. The molecule has 2 N–H and O–H groups in total. The fourth-order valence-electron chi connectivity index (χ4n) is 3.99. The summed E-state index contributed by atoms with van der Waals surface area (Å²) in [5.74, 6) is -4.76. The standard InChI is InChI=1S/C24H21F2N5O2/c1-3-4-20(32)18-7-13(2)16(12-28-18)15-8-14-11-29-21(30-23(33)17-10-24(17,25)26)9-19(14)31-6-5-27-22(15)31/h3,5-9,11-12,17,20,32H,1,4,10H2,2H3,(H,29,30,33)/t17-,20-/m1/s1. The Kier molecular flexibility index (Phi) is 4.93. The fourth-order valence-corrected chi connectivity index (χ4v) is 3.99. The lowest BCUT2D eigenvalue weighted by Crippen LogP contribution is -2.18. The van der Waals surface area contributed by atoms with Crippen molar-refractivity contribution < 1.29 is 18.7 Å². The number of fused-ring (bicyclic) bond motifs is 3. The van der Waals surface area contributed by atoms with E-state index < -0.39 is 30.3 Å². The average molecular weight is 449 g/mol. The summed E-state index contributed by atoms with van der Waals surface area (Å²) in [6, 6.07) is 5.42. The van der Waals surface area contributed by atoms with E-state index in [9.17, 15) is 18.7 Å². The highest BCUT2D eigenvalue weighted by Crippen LogP contribution is 2.49. The van der Waals surface area contributed by atoms with E-state index >= 15 is 0 Å². The molecule has 0 aromatic carbocycles. The van der Waals surface area contributed by atoms with Gasteiger partial charge in [0.1, 0.15) is 17.4 Å². The summed E-state index contributed by atoms with van der Waals surface area (Å²) in [7, 11) is 0. The van der Waals surface area contributed by atoms with E-state index in [-0.39, 0.29) is 5.82 Å². The molecule has 0 bridgehead atoms. The molecule has 1 aliphatic rings. The Labute approximate surface area is 187 Å². The topological polar surface area (TPSA) is 92.4 Å². The number of hydrogen-bond donors (Lipinski definition) is 2. The number of rotatable bonds is 6. The summed E-state index contributed by atoms with van der Waals surface area (Å²) in [6.45, 7) is 5.59. The zero-order chi connectivity index (χ0) is 23.3. The first kappa shape index (κ1) is 21.1. The number of aliphatic hydroxyl groups is 1. The molecule has 1 saturated carbocycles. The van der Waals surface area contributed by atoms with Gasteiger partial charge in [-0.1, -0.05) is 6.08 Å². The van der Waals surface area contributed by atoms with Gasteiger partial charge >= 0.3 is 0 Å². The van der Waals surface area contributed by atoms with Crippen LogP contribution in [0, 0.1) is 12.8 Å². The molecule has 0 spiro atoms. The predicted molar refractivity (Wildman–Crippen MR) is 120 cm³/mol. The zero-order valence-electron chi connectivity index (χ0n) is 17.8. The van der Waals surface area contributed by atoms with Gasteiger partial charge in [0.25, 0.3) is 5.92 Å².